The summed E-state index contributed by atoms with van der Waals surface area (Å²) in [4.78, 5) is 12.3. The number of hydrogen-bond donors (Lipinski definition) is 1. The summed E-state index contributed by atoms with van der Waals surface area (Å²) in [5, 5.41) is 10.9. The highest BCUT2D eigenvalue weighted by Gasteiger charge is 2.44. The first kappa shape index (κ1) is 25.8. The topological polar surface area (TPSA) is 55.8 Å². The average Bonchev–Trinajstić information content (AvgIpc) is 3.18. The van der Waals surface area contributed by atoms with Gasteiger partial charge < -0.3 is 14.6 Å². The van der Waals surface area contributed by atoms with E-state index in [4.69, 9.17) is 9.47 Å². The quantitative estimate of drug-likeness (QED) is 0.279. The zero-order valence-corrected chi connectivity index (χ0v) is 21.5. The van der Waals surface area contributed by atoms with Crippen molar-refractivity contribution in [1.29, 1.82) is 0 Å². The maximum Gasteiger partial charge on any atom is 0.344 e. The first-order chi connectivity index (χ1) is 17.0. The summed E-state index contributed by atoms with van der Waals surface area (Å²) < 4.78 is 11.3. The van der Waals surface area contributed by atoms with Gasteiger partial charge in [0.1, 0.15) is 12.4 Å². The number of carbonyl (C=O) groups excluding carboxylic acids is 1. The first-order valence-corrected chi connectivity index (χ1v) is 13.7. The third-order valence-corrected chi connectivity index (χ3v) is 8.23. The van der Waals surface area contributed by atoms with Crippen molar-refractivity contribution in [2.75, 3.05) is 6.61 Å². The van der Waals surface area contributed by atoms with Gasteiger partial charge in [-0.15, -0.1) is 0 Å². The third-order valence-electron chi connectivity index (χ3n) is 8.23. The van der Waals surface area contributed by atoms with Crippen molar-refractivity contribution in [3.05, 3.63) is 65.2 Å². The summed E-state index contributed by atoms with van der Waals surface area (Å²) in [6.07, 6.45) is 10.2. The summed E-state index contributed by atoms with van der Waals surface area (Å²) >= 11 is 0. The minimum atomic E-state index is -0.357. The van der Waals surface area contributed by atoms with E-state index >= 15 is 0 Å². The van der Waals surface area contributed by atoms with Crippen molar-refractivity contribution in [2.45, 2.75) is 84.3 Å². The molecule has 0 saturated heterocycles. The highest BCUT2D eigenvalue weighted by Crippen LogP contribution is 2.48. The lowest BCUT2D eigenvalue weighted by atomic mass is 9.73. The normalized spacial score (nSPS) is 23.9. The van der Waals surface area contributed by atoms with Gasteiger partial charge in [0.25, 0.3) is 0 Å². The zero-order valence-electron chi connectivity index (χ0n) is 21.5. The van der Waals surface area contributed by atoms with Crippen LogP contribution in [-0.4, -0.2) is 23.8 Å². The van der Waals surface area contributed by atoms with Gasteiger partial charge in [-0.1, -0.05) is 88.4 Å². The van der Waals surface area contributed by atoms with E-state index in [9.17, 15) is 9.90 Å². The van der Waals surface area contributed by atoms with E-state index in [1.807, 2.05) is 42.5 Å². The highest BCUT2D eigenvalue weighted by molar-refractivity contribution is 5.71. The molecule has 0 aromatic heterocycles. The van der Waals surface area contributed by atoms with Gasteiger partial charge in [0.05, 0.1) is 6.10 Å². The fourth-order valence-electron chi connectivity index (χ4n) is 6.22. The molecular formula is C31H42O4. The Morgan fingerprint density at radius 1 is 1.06 bits per heavy atom. The molecule has 2 aliphatic carbocycles. The van der Waals surface area contributed by atoms with Gasteiger partial charge in [0, 0.05) is 0 Å². The molecule has 0 amide bonds. The summed E-state index contributed by atoms with van der Waals surface area (Å²) in [6, 6.07) is 15.9. The molecule has 4 heteroatoms. The lowest BCUT2D eigenvalue weighted by Crippen LogP contribution is -2.27. The Hall–Kier alpha value is -2.33. The van der Waals surface area contributed by atoms with Gasteiger partial charge in [0.15, 0.2) is 6.61 Å². The second-order valence-corrected chi connectivity index (χ2v) is 10.8. The van der Waals surface area contributed by atoms with Crippen LogP contribution < -0.4 is 4.74 Å². The van der Waals surface area contributed by atoms with Crippen molar-refractivity contribution >= 4 is 5.97 Å². The number of ether oxygens (including phenoxy) is 2. The fraction of sp³-hybridized carbons (Fsp3) is 0.581. The van der Waals surface area contributed by atoms with Crippen LogP contribution >= 0.6 is 0 Å². The minimum absolute atomic E-state index is 0.0848. The number of unbranched alkanes of at least 4 members (excludes halogenated alkanes) is 2. The fourth-order valence-corrected chi connectivity index (χ4v) is 6.22. The van der Waals surface area contributed by atoms with Crippen molar-refractivity contribution in [1.82, 2.24) is 0 Å². The molecule has 5 atom stereocenters. The van der Waals surface area contributed by atoms with Gasteiger partial charge in [-0.2, -0.15) is 0 Å². The Morgan fingerprint density at radius 3 is 2.69 bits per heavy atom. The number of benzene rings is 2. The Balaban J connectivity index is 1.31. The SMILES string of the molecule is CCCCCC(C)CCC1C2Cc3cccc(OCC(=O)OCc4ccccc4)c3CC2C[C@H]1O. The maximum atomic E-state index is 12.3. The number of fused-ring (bicyclic) bond motifs is 2. The van der Waals surface area contributed by atoms with Gasteiger partial charge in [-0.05, 0) is 72.1 Å². The molecule has 0 radical (unpaired) electrons. The Morgan fingerprint density at radius 2 is 1.89 bits per heavy atom. The van der Waals surface area contributed by atoms with Crippen LogP contribution in [0.4, 0.5) is 0 Å². The van der Waals surface area contributed by atoms with Crippen molar-refractivity contribution in [3.63, 3.8) is 0 Å². The van der Waals surface area contributed by atoms with Crippen molar-refractivity contribution in [2.24, 2.45) is 23.7 Å². The molecule has 1 fully saturated rings. The molecule has 0 heterocycles. The molecule has 4 unspecified atom stereocenters. The number of aliphatic hydroxyl groups is 1. The van der Waals surface area contributed by atoms with Crippen LogP contribution in [0.15, 0.2) is 48.5 Å². The number of carbonyl (C=O) groups is 1. The van der Waals surface area contributed by atoms with Crippen molar-refractivity contribution in [3.8, 4) is 5.75 Å². The molecule has 1 saturated carbocycles. The molecule has 0 aliphatic heterocycles. The van der Waals surface area contributed by atoms with Gasteiger partial charge in [-0.3, -0.25) is 0 Å². The average molecular weight is 479 g/mol. The molecule has 0 spiro atoms. The van der Waals surface area contributed by atoms with E-state index in [2.05, 4.69) is 19.9 Å². The van der Waals surface area contributed by atoms with Crippen LogP contribution in [0.25, 0.3) is 0 Å². The molecule has 2 aromatic carbocycles. The summed E-state index contributed by atoms with van der Waals surface area (Å²) in [5.74, 6) is 2.62. The Bertz CT molecular complexity index is 940. The van der Waals surface area contributed by atoms with E-state index < -0.39 is 0 Å². The van der Waals surface area contributed by atoms with Gasteiger partial charge in [-0.25, -0.2) is 4.79 Å². The number of rotatable bonds is 12. The second-order valence-electron chi connectivity index (χ2n) is 10.8. The molecular weight excluding hydrogens is 436 g/mol. The van der Waals surface area contributed by atoms with Crippen LogP contribution in [0.1, 0.15) is 75.5 Å². The molecule has 1 N–H and O–H groups in total. The van der Waals surface area contributed by atoms with Crippen LogP contribution in [0, 0.1) is 23.7 Å². The zero-order chi connectivity index (χ0) is 24.6. The largest absolute Gasteiger partial charge is 0.482 e. The van der Waals surface area contributed by atoms with Crippen molar-refractivity contribution < 1.29 is 19.4 Å². The smallest absolute Gasteiger partial charge is 0.344 e. The first-order valence-electron chi connectivity index (χ1n) is 13.7. The number of hydrogen-bond acceptors (Lipinski definition) is 4. The van der Waals surface area contributed by atoms with E-state index in [0.29, 0.717) is 17.8 Å². The van der Waals surface area contributed by atoms with Crippen LogP contribution in [0.5, 0.6) is 5.75 Å². The van der Waals surface area contributed by atoms with Crippen LogP contribution in [0.3, 0.4) is 0 Å². The molecule has 4 rings (SSSR count). The molecule has 35 heavy (non-hydrogen) atoms. The highest BCUT2D eigenvalue weighted by atomic mass is 16.6. The number of esters is 1. The third kappa shape index (κ3) is 6.88. The summed E-state index contributed by atoms with van der Waals surface area (Å²) in [5.41, 5.74) is 3.50. The predicted octanol–water partition coefficient (Wildman–Crippen LogP) is 6.52. The standard InChI is InChI=1S/C31H42O4/c1-3-4-6-10-22(2)15-16-26-27-17-24-13-9-14-30(28(24)18-25(27)19-29(26)32)34-21-31(33)35-20-23-11-7-5-8-12-23/h5,7-9,11-14,22,25-27,29,32H,3-4,6,10,15-21H2,1-2H3/t22?,25?,26?,27?,29-/m1/s1. The second kappa shape index (κ2) is 12.6. The maximum absolute atomic E-state index is 12.3. The molecule has 2 aromatic rings. The predicted molar refractivity (Wildman–Crippen MR) is 139 cm³/mol. The van der Waals surface area contributed by atoms with E-state index in [1.54, 1.807) is 0 Å². The Labute approximate surface area is 211 Å². The van der Waals surface area contributed by atoms with Gasteiger partial charge in [0.2, 0.25) is 0 Å². The molecule has 2 aliphatic rings. The summed E-state index contributed by atoms with van der Waals surface area (Å²) in [6.45, 7) is 4.81. The van der Waals surface area contributed by atoms with E-state index in [-0.39, 0.29) is 25.3 Å². The molecule has 190 valence electrons. The van der Waals surface area contributed by atoms with Gasteiger partial charge >= 0.3 is 5.97 Å². The minimum Gasteiger partial charge on any atom is -0.482 e. The lowest BCUT2D eigenvalue weighted by Gasteiger charge is -2.32. The molecule has 0 bridgehead atoms. The number of aliphatic hydroxyl groups excluding tert-OH is 1. The van der Waals surface area contributed by atoms with Crippen LogP contribution in [-0.2, 0) is 29.0 Å². The van der Waals surface area contributed by atoms with E-state index in [1.165, 1.54) is 43.2 Å². The lowest BCUT2D eigenvalue weighted by molar-refractivity contribution is -0.147. The van der Waals surface area contributed by atoms with Crippen LogP contribution in [0.2, 0.25) is 0 Å². The van der Waals surface area contributed by atoms with E-state index in [0.717, 1.165) is 42.9 Å². The summed E-state index contributed by atoms with van der Waals surface area (Å²) in [7, 11) is 0. The Kier molecular flexibility index (Phi) is 9.25. The monoisotopic (exact) mass is 478 g/mol. The molecule has 4 nitrogen and oxygen atoms in total.